The first-order valence-electron chi connectivity index (χ1n) is 5.92. The number of aromatic carboxylic acids is 1. The summed E-state index contributed by atoms with van der Waals surface area (Å²) in [6.45, 7) is 3.38. The van der Waals surface area contributed by atoms with Gasteiger partial charge in [0.05, 0.1) is 0 Å². The molecule has 0 radical (unpaired) electrons. The molecule has 5 heteroatoms. The van der Waals surface area contributed by atoms with E-state index in [1.54, 1.807) is 19.1 Å². The second kappa shape index (κ2) is 5.13. The van der Waals surface area contributed by atoms with Gasteiger partial charge >= 0.3 is 5.97 Å². The van der Waals surface area contributed by atoms with Crippen molar-refractivity contribution < 1.29 is 24.9 Å². The summed E-state index contributed by atoms with van der Waals surface area (Å²) in [5, 5.41) is 28.2. The molecule has 2 aromatic carbocycles. The predicted octanol–water partition coefficient (Wildman–Crippen LogP) is 3.21. The molecule has 0 amide bonds. The summed E-state index contributed by atoms with van der Waals surface area (Å²) in [6, 6.07) is 7.49. The number of phenols is 2. The quantitative estimate of drug-likeness (QED) is 0.800. The molecule has 0 aliphatic heterocycles. The number of hydrogen-bond acceptors (Lipinski definition) is 4. The Morgan fingerprint density at radius 2 is 1.65 bits per heavy atom. The van der Waals surface area contributed by atoms with Crippen LogP contribution in [-0.2, 0) is 0 Å². The second-order valence-corrected chi connectivity index (χ2v) is 4.55. The first-order chi connectivity index (χ1) is 9.36. The maximum atomic E-state index is 11.0. The lowest BCUT2D eigenvalue weighted by molar-refractivity contribution is 0.0693. The molecule has 0 fully saturated rings. The van der Waals surface area contributed by atoms with Gasteiger partial charge in [-0.1, -0.05) is 0 Å². The number of hydrogen-bond donors (Lipinski definition) is 3. The number of carbonyl (C=O) groups is 1. The molecule has 0 saturated carbocycles. The van der Waals surface area contributed by atoms with E-state index in [-0.39, 0.29) is 17.1 Å². The van der Waals surface area contributed by atoms with Gasteiger partial charge in [0.1, 0.15) is 28.6 Å². The Morgan fingerprint density at radius 3 is 2.20 bits per heavy atom. The summed E-state index contributed by atoms with van der Waals surface area (Å²) in [6.07, 6.45) is 0. The van der Waals surface area contributed by atoms with E-state index < -0.39 is 5.97 Å². The third-order valence-electron chi connectivity index (χ3n) is 2.77. The molecule has 3 N–H and O–H groups in total. The minimum atomic E-state index is -1.19. The molecule has 0 atom stereocenters. The largest absolute Gasteiger partial charge is 0.508 e. The van der Waals surface area contributed by atoms with Crippen LogP contribution in [0.15, 0.2) is 30.3 Å². The van der Waals surface area contributed by atoms with Crippen molar-refractivity contribution in [1.82, 2.24) is 0 Å². The SMILES string of the molecule is Cc1cc(O)cc(Oc2cc(C)c(C(=O)O)c(O)c2)c1. The Morgan fingerprint density at radius 1 is 1.00 bits per heavy atom. The van der Waals surface area contributed by atoms with Crippen LogP contribution in [0.5, 0.6) is 23.0 Å². The highest BCUT2D eigenvalue weighted by Crippen LogP contribution is 2.32. The predicted molar refractivity (Wildman–Crippen MR) is 72.7 cm³/mol. The lowest BCUT2D eigenvalue weighted by Gasteiger charge is -2.10. The van der Waals surface area contributed by atoms with E-state index in [2.05, 4.69) is 0 Å². The third kappa shape index (κ3) is 2.83. The lowest BCUT2D eigenvalue weighted by Crippen LogP contribution is -2.00. The van der Waals surface area contributed by atoms with Gasteiger partial charge in [-0.25, -0.2) is 4.79 Å². The molecule has 0 unspecified atom stereocenters. The molecular weight excluding hydrogens is 260 g/mol. The maximum Gasteiger partial charge on any atom is 0.339 e. The first kappa shape index (κ1) is 13.7. The molecule has 0 spiro atoms. The van der Waals surface area contributed by atoms with E-state index in [9.17, 15) is 15.0 Å². The van der Waals surface area contributed by atoms with Crippen LogP contribution < -0.4 is 4.74 Å². The maximum absolute atomic E-state index is 11.0. The first-order valence-corrected chi connectivity index (χ1v) is 5.92. The van der Waals surface area contributed by atoms with Gasteiger partial charge in [0, 0.05) is 12.1 Å². The smallest absolute Gasteiger partial charge is 0.339 e. The molecule has 20 heavy (non-hydrogen) atoms. The van der Waals surface area contributed by atoms with Crippen molar-refractivity contribution in [2.24, 2.45) is 0 Å². The molecular formula is C15H14O5. The van der Waals surface area contributed by atoms with Gasteiger partial charge in [0.15, 0.2) is 0 Å². The Bertz CT molecular complexity index is 633. The van der Waals surface area contributed by atoms with E-state index in [1.807, 2.05) is 6.92 Å². The summed E-state index contributed by atoms with van der Waals surface area (Å²) >= 11 is 0. The van der Waals surface area contributed by atoms with Crippen molar-refractivity contribution in [3.05, 3.63) is 47.0 Å². The zero-order valence-electron chi connectivity index (χ0n) is 11.0. The monoisotopic (exact) mass is 274 g/mol. The van der Waals surface area contributed by atoms with E-state index >= 15 is 0 Å². The van der Waals surface area contributed by atoms with Gasteiger partial charge in [-0.05, 0) is 43.2 Å². The van der Waals surface area contributed by atoms with E-state index in [1.165, 1.54) is 18.2 Å². The molecule has 0 aliphatic rings. The van der Waals surface area contributed by atoms with Crippen LogP contribution >= 0.6 is 0 Å². The fraction of sp³-hybridized carbons (Fsp3) is 0.133. The van der Waals surface area contributed by atoms with Gasteiger partial charge in [0.2, 0.25) is 0 Å². The zero-order chi connectivity index (χ0) is 14.9. The van der Waals surface area contributed by atoms with Crippen LogP contribution in [0.4, 0.5) is 0 Å². The Kier molecular flexibility index (Phi) is 3.52. The zero-order valence-corrected chi connectivity index (χ0v) is 11.0. The summed E-state index contributed by atoms with van der Waals surface area (Å²) < 4.78 is 5.52. The molecule has 0 heterocycles. The van der Waals surface area contributed by atoms with Gasteiger partial charge in [-0.2, -0.15) is 0 Å². The molecule has 2 aromatic rings. The van der Waals surface area contributed by atoms with Gasteiger partial charge in [-0.15, -0.1) is 0 Å². The molecule has 0 aromatic heterocycles. The summed E-state index contributed by atoms with van der Waals surface area (Å²) in [4.78, 5) is 11.0. The fourth-order valence-corrected chi connectivity index (χ4v) is 2.00. The highest BCUT2D eigenvalue weighted by molar-refractivity contribution is 5.92. The van der Waals surface area contributed by atoms with Crippen molar-refractivity contribution in [2.75, 3.05) is 0 Å². The topological polar surface area (TPSA) is 87.0 Å². The van der Waals surface area contributed by atoms with Crippen LogP contribution in [0, 0.1) is 13.8 Å². The number of aromatic hydroxyl groups is 2. The Labute approximate surface area is 115 Å². The highest BCUT2D eigenvalue weighted by atomic mass is 16.5. The van der Waals surface area contributed by atoms with Crippen LogP contribution in [0.3, 0.4) is 0 Å². The Hall–Kier alpha value is -2.69. The van der Waals surface area contributed by atoms with Crippen molar-refractivity contribution in [2.45, 2.75) is 13.8 Å². The second-order valence-electron chi connectivity index (χ2n) is 4.55. The Balaban J connectivity index is 2.37. The van der Waals surface area contributed by atoms with Crippen molar-refractivity contribution in [3.8, 4) is 23.0 Å². The van der Waals surface area contributed by atoms with Crippen molar-refractivity contribution >= 4 is 5.97 Å². The van der Waals surface area contributed by atoms with Gasteiger partial charge in [-0.3, -0.25) is 0 Å². The van der Waals surface area contributed by atoms with E-state index in [0.717, 1.165) is 5.56 Å². The number of phenolic OH excluding ortho intramolecular Hbond substituents is 1. The molecule has 0 saturated heterocycles. The summed E-state index contributed by atoms with van der Waals surface area (Å²) in [5.41, 5.74) is 1.07. The molecule has 2 rings (SSSR count). The van der Waals surface area contributed by atoms with E-state index in [4.69, 9.17) is 9.84 Å². The fourth-order valence-electron chi connectivity index (χ4n) is 2.00. The number of ether oxygens (including phenoxy) is 1. The third-order valence-corrected chi connectivity index (χ3v) is 2.77. The molecule has 104 valence electrons. The van der Waals surface area contributed by atoms with Crippen molar-refractivity contribution in [1.29, 1.82) is 0 Å². The minimum absolute atomic E-state index is 0.0723. The normalized spacial score (nSPS) is 10.3. The van der Waals surface area contributed by atoms with Crippen LogP contribution in [0.1, 0.15) is 21.5 Å². The van der Waals surface area contributed by atoms with Crippen LogP contribution in [0.2, 0.25) is 0 Å². The van der Waals surface area contributed by atoms with Crippen LogP contribution in [0.25, 0.3) is 0 Å². The summed E-state index contributed by atoms with van der Waals surface area (Å²) in [7, 11) is 0. The van der Waals surface area contributed by atoms with Gasteiger partial charge in [0.25, 0.3) is 0 Å². The standard InChI is InChI=1S/C15H14O5/c1-8-3-10(16)6-11(4-8)20-12-5-9(2)14(15(18)19)13(17)7-12/h3-7,16-17H,1-2H3,(H,18,19). The number of carboxylic acid groups (broad SMARTS) is 1. The molecule has 5 nitrogen and oxygen atoms in total. The molecule has 0 bridgehead atoms. The number of aryl methyl sites for hydroxylation is 2. The molecule has 0 aliphatic carbocycles. The average molecular weight is 274 g/mol. The van der Waals surface area contributed by atoms with Crippen molar-refractivity contribution in [3.63, 3.8) is 0 Å². The highest BCUT2D eigenvalue weighted by Gasteiger charge is 2.15. The van der Waals surface area contributed by atoms with Gasteiger partial charge < -0.3 is 20.1 Å². The number of carboxylic acids is 1. The number of benzene rings is 2. The number of rotatable bonds is 3. The van der Waals surface area contributed by atoms with E-state index in [0.29, 0.717) is 17.1 Å². The summed E-state index contributed by atoms with van der Waals surface area (Å²) in [5.74, 6) is -0.772. The lowest BCUT2D eigenvalue weighted by atomic mass is 10.1. The minimum Gasteiger partial charge on any atom is -0.508 e. The van der Waals surface area contributed by atoms with Crippen LogP contribution in [-0.4, -0.2) is 21.3 Å². The average Bonchev–Trinajstić information content (AvgIpc) is 2.25.